The van der Waals surface area contributed by atoms with Crippen LogP contribution in [-0.4, -0.2) is 76.1 Å². The number of esters is 4. The molecule has 0 heterocycles. The molecule has 0 saturated carbocycles. The molecule has 0 radical (unpaired) electrons. The van der Waals surface area contributed by atoms with Crippen LogP contribution in [0.25, 0.3) is 0 Å². The molecule has 12 heteroatoms. The summed E-state index contributed by atoms with van der Waals surface area (Å²) in [5.74, 6) is 0.761. The fraction of sp³-hybridized carbons (Fsp3) is 0.500. The van der Waals surface area contributed by atoms with Gasteiger partial charge in [-0.2, -0.15) is 0 Å². The van der Waals surface area contributed by atoms with Crippen LogP contribution in [0.4, 0.5) is 0 Å². The maximum absolute atomic E-state index is 10.9. The summed E-state index contributed by atoms with van der Waals surface area (Å²) in [5.41, 5.74) is 0. The van der Waals surface area contributed by atoms with Crippen molar-refractivity contribution < 1.29 is 105 Å². The minimum absolute atomic E-state index is 0. The van der Waals surface area contributed by atoms with E-state index in [0.717, 1.165) is 6.08 Å². The number of aliphatic hydroxyl groups is 1. The second-order valence-corrected chi connectivity index (χ2v) is 3.51. The van der Waals surface area contributed by atoms with Crippen molar-refractivity contribution in [2.45, 2.75) is 13.8 Å². The van der Waals surface area contributed by atoms with Crippen molar-refractivity contribution in [1.82, 2.24) is 0 Å². The van der Waals surface area contributed by atoms with E-state index in [-0.39, 0.29) is 75.8 Å². The first-order valence-electron chi connectivity index (χ1n) is 7.07. The molecule has 156 valence electrons. The zero-order valence-corrected chi connectivity index (χ0v) is 20.2. The van der Waals surface area contributed by atoms with Crippen LogP contribution in [0.1, 0.15) is 13.8 Å². The third kappa shape index (κ3) is 26.8. The SMILES string of the molecule is CCO.CCO/C(=C/C(=O)OC)C(=O)OC.COC(=O)C#CC(=O)OC.[K+].[OH-]. The van der Waals surface area contributed by atoms with E-state index in [2.05, 4.69) is 18.9 Å². The predicted octanol–water partition coefficient (Wildman–Crippen LogP) is -3.59. The first-order valence-corrected chi connectivity index (χ1v) is 7.07. The van der Waals surface area contributed by atoms with E-state index < -0.39 is 23.9 Å². The maximum Gasteiger partial charge on any atom is 1.00 e. The first-order chi connectivity index (χ1) is 12.3. The van der Waals surface area contributed by atoms with E-state index in [0.29, 0.717) is 0 Å². The minimum atomic E-state index is -0.759. The number of hydrogen-bond acceptors (Lipinski definition) is 11. The van der Waals surface area contributed by atoms with Gasteiger partial charge in [-0.15, -0.1) is 0 Å². The van der Waals surface area contributed by atoms with Crippen molar-refractivity contribution in [1.29, 1.82) is 0 Å². The number of carbonyl (C=O) groups excluding carboxylic acids is 4. The Labute approximate surface area is 206 Å². The quantitative estimate of drug-likeness (QED) is 0.0888. The Kier molecular flexibility index (Phi) is 37.0. The van der Waals surface area contributed by atoms with Crippen molar-refractivity contribution in [2.24, 2.45) is 0 Å². The van der Waals surface area contributed by atoms with E-state index in [1.807, 2.05) is 11.8 Å². The standard InChI is InChI=1S/C8H12O5.C6H6O4.C2H6O.K.H2O/c1-4-13-6(8(10)12-3)5-7(9)11-2;1-9-5(7)3-4-6(8)10-2;1-2-3;;/h5H,4H2,1-3H3;1-2H3;3H,2H2,1H3;;1H2/q;;;+1;/p-1/b6-5+;;;;. The topological polar surface area (TPSA) is 165 Å². The van der Waals surface area contributed by atoms with E-state index in [4.69, 9.17) is 9.84 Å². The summed E-state index contributed by atoms with van der Waals surface area (Å²) in [5, 5.41) is 7.57. The Morgan fingerprint density at radius 2 is 1.25 bits per heavy atom. The molecule has 0 amide bonds. The summed E-state index contributed by atoms with van der Waals surface area (Å²) in [7, 11) is 4.76. The number of hydrogen-bond donors (Lipinski definition) is 1. The second kappa shape index (κ2) is 27.8. The van der Waals surface area contributed by atoms with Gasteiger partial charge in [-0.25, -0.2) is 19.2 Å². The zero-order chi connectivity index (χ0) is 21.0. The molecule has 0 rings (SSSR count). The molecular weight excluding hydrogens is 407 g/mol. The second-order valence-electron chi connectivity index (χ2n) is 3.51. The molecule has 11 nitrogen and oxygen atoms in total. The average Bonchev–Trinajstić information content (AvgIpc) is 2.65. The van der Waals surface area contributed by atoms with E-state index in [1.165, 1.54) is 28.4 Å². The van der Waals surface area contributed by atoms with Crippen LogP contribution >= 0.6 is 0 Å². The Bertz CT molecular complexity index is 512. The van der Waals surface area contributed by atoms with Gasteiger partial charge in [-0.3, -0.25) is 0 Å². The van der Waals surface area contributed by atoms with Gasteiger partial charge >= 0.3 is 75.3 Å². The molecule has 0 aliphatic heterocycles. The fourth-order valence-corrected chi connectivity index (χ4v) is 0.786. The summed E-state index contributed by atoms with van der Waals surface area (Å²) in [6.45, 7) is 3.89. The van der Waals surface area contributed by atoms with Crippen LogP contribution in [0.5, 0.6) is 0 Å². The van der Waals surface area contributed by atoms with Crippen LogP contribution in [0.2, 0.25) is 0 Å². The van der Waals surface area contributed by atoms with Crippen LogP contribution in [0.3, 0.4) is 0 Å². The summed E-state index contributed by atoms with van der Waals surface area (Å²) in [4.78, 5) is 42.1. The van der Waals surface area contributed by atoms with Gasteiger partial charge in [-0.1, -0.05) is 0 Å². The minimum Gasteiger partial charge on any atom is -0.870 e. The summed E-state index contributed by atoms with van der Waals surface area (Å²) < 4.78 is 21.8. The Morgan fingerprint density at radius 3 is 1.50 bits per heavy atom. The van der Waals surface area contributed by atoms with Crippen LogP contribution in [-0.2, 0) is 42.9 Å². The number of rotatable bonds is 4. The molecule has 0 saturated heterocycles. The Morgan fingerprint density at radius 1 is 0.857 bits per heavy atom. The van der Waals surface area contributed by atoms with E-state index in [1.54, 1.807) is 13.8 Å². The normalized spacial score (nSPS) is 8.04. The van der Waals surface area contributed by atoms with Crippen LogP contribution in [0.15, 0.2) is 11.8 Å². The number of carbonyl (C=O) groups is 4. The third-order valence-corrected chi connectivity index (χ3v) is 1.77. The molecular formula is C16H25KO11. The summed E-state index contributed by atoms with van der Waals surface area (Å²) >= 11 is 0. The third-order valence-electron chi connectivity index (χ3n) is 1.77. The molecule has 28 heavy (non-hydrogen) atoms. The van der Waals surface area contributed by atoms with Crippen molar-refractivity contribution in [3.05, 3.63) is 11.8 Å². The monoisotopic (exact) mass is 432 g/mol. The molecule has 0 aliphatic rings. The number of ether oxygens (including phenoxy) is 5. The molecule has 0 spiro atoms. The molecule has 0 aromatic rings. The van der Waals surface area contributed by atoms with Crippen molar-refractivity contribution in [3.63, 3.8) is 0 Å². The zero-order valence-electron chi connectivity index (χ0n) is 17.1. The molecule has 2 N–H and O–H groups in total. The van der Waals surface area contributed by atoms with Crippen LogP contribution < -0.4 is 51.4 Å². The Balaban J connectivity index is -0.000000106. The molecule has 0 aromatic heterocycles. The molecule has 0 aromatic carbocycles. The van der Waals surface area contributed by atoms with Gasteiger partial charge in [0.05, 0.1) is 41.1 Å². The van der Waals surface area contributed by atoms with E-state index in [9.17, 15) is 19.2 Å². The number of aliphatic hydroxyl groups excluding tert-OH is 1. The molecule has 0 unspecified atom stereocenters. The summed E-state index contributed by atoms with van der Waals surface area (Å²) in [6, 6.07) is 0. The first kappa shape index (κ1) is 37.3. The van der Waals surface area contributed by atoms with Gasteiger partial charge < -0.3 is 34.3 Å². The largest absolute Gasteiger partial charge is 1.00 e. The average molecular weight is 432 g/mol. The Hall–Kier alpha value is -1.46. The van der Waals surface area contributed by atoms with Crippen LogP contribution in [0, 0.1) is 11.8 Å². The van der Waals surface area contributed by atoms with Crippen molar-refractivity contribution in [2.75, 3.05) is 41.7 Å². The van der Waals surface area contributed by atoms with Gasteiger partial charge in [0.1, 0.15) is 0 Å². The number of methoxy groups -OCH3 is 4. The van der Waals surface area contributed by atoms with Gasteiger partial charge in [-0.05, 0) is 13.8 Å². The van der Waals surface area contributed by atoms with Crippen molar-refractivity contribution >= 4 is 23.9 Å². The van der Waals surface area contributed by atoms with Gasteiger partial charge in [0.25, 0.3) is 0 Å². The summed E-state index contributed by atoms with van der Waals surface area (Å²) in [6.07, 6.45) is 0.940. The van der Waals surface area contributed by atoms with Gasteiger partial charge in [0.2, 0.25) is 5.76 Å². The maximum atomic E-state index is 10.9. The molecule has 0 aliphatic carbocycles. The molecule has 0 bridgehead atoms. The predicted molar refractivity (Wildman–Crippen MR) is 90.2 cm³/mol. The molecule has 0 fully saturated rings. The van der Waals surface area contributed by atoms with Gasteiger partial charge in [0.15, 0.2) is 0 Å². The van der Waals surface area contributed by atoms with Crippen molar-refractivity contribution in [3.8, 4) is 11.8 Å². The van der Waals surface area contributed by atoms with E-state index >= 15 is 0 Å². The smallest absolute Gasteiger partial charge is 0.870 e. The van der Waals surface area contributed by atoms with Gasteiger partial charge in [0, 0.05) is 18.4 Å². The molecule has 0 atom stereocenters. The fourth-order valence-electron chi connectivity index (χ4n) is 0.786.